The quantitative estimate of drug-likeness (QED) is 0.173. The molecule has 1 aromatic rings. The summed E-state index contributed by atoms with van der Waals surface area (Å²) in [4.78, 5) is 57.6. The summed E-state index contributed by atoms with van der Waals surface area (Å²) in [6, 6.07) is 5.50. The average molecular weight is 664 g/mol. The molecule has 1 unspecified atom stereocenters. The van der Waals surface area contributed by atoms with Crippen LogP contribution in [-0.2, 0) is 20.9 Å². The van der Waals surface area contributed by atoms with Gasteiger partial charge in [-0.1, -0.05) is 43.6 Å². The number of likely N-dealkylation sites (N-methyl/N-ethyl adjacent to an activating group) is 1. The van der Waals surface area contributed by atoms with Crippen LogP contribution in [0.2, 0.25) is 0 Å². The van der Waals surface area contributed by atoms with Crippen LogP contribution in [0.15, 0.2) is 18.2 Å². The zero-order chi connectivity index (χ0) is 34.5. The maximum atomic E-state index is 13.1. The summed E-state index contributed by atoms with van der Waals surface area (Å²) in [5, 5.41) is 2.63. The van der Waals surface area contributed by atoms with E-state index in [4.69, 9.17) is 4.74 Å². The number of fused-ring (bicyclic) bond motifs is 1. The monoisotopic (exact) mass is 663 g/mol. The fraction of sp³-hybridized carbons (Fsp3) is 0.684. The summed E-state index contributed by atoms with van der Waals surface area (Å²) in [5.74, 6) is 6.16. The number of piperazine rings is 1. The minimum absolute atomic E-state index is 0.176. The summed E-state index contributed by atoms with van der Waals surface area (Å²) in [7, 11) is 1.55. The third-order valence-electron chi connectivity index (χ3n) is 9.77. The highest BCUT2D eigenvalue weighted by Gasteiger charge is 2.37. The van der Waals surface area contributed by atoms with E-state index in [1.807, 2.05) is 37.8 Å². The lowest BCUT2D eigenvalue weighted by atomic mass is 10.0. The van der Waals surface area contributed by atoms with E-state index in [9.17, 15) is 19.2 Å². The molecule has 2 fully saturated rings. The molecule has 1 N–H and O–H groups in total. The number of benzene rings is 1. The molecule has 1 atom stereocenters. The van der Waals surface area contributed by atoms with Gasteiger partial charge in [0.05, 0.1) is 0 Å². The van der Waals surface area contributed by atoms with Crippen LogP contribution in [0.1, 0.15) is 113 Å². The summed E-state index contributed by atoms with van der Waals surface area (Å²) in [6.07, 6.45) is 11.3. The minimum atomic E-state index is -0.667. The molecule has 0 aromatic heterocycles. The van der Waals surface area contributed by atoms with Crippen LogP contribution < -0.4 is 5.32 Å². The van der Waals surface area contributed by atoms with Crippen molar-refractivity contribution >= 4 is 24.2 Å². The highest BCUT2D eigenvalue weighted by Crippen LogP contribution is 2.29. The molecule has 3 aliphatic rings. The van der Waals surface area contributed by atoms with E-state index in [1.54, 1.807) is 18.0 Å². The van der Waals surface area contributed by atoms with Gasteiger partial charge in [0, 0.05) is 82.9 Å². The third-order valence-corrected chi connectivity index (χ3v) is 9.77. The van der Waals surface area contributed by atoms with Crippen LogP contribution in [0, 0.1) is 11.8 Å². The van der Waals surface area contributed by atoms with E-state index in [-0.39, 0.29) is 24.3 Å². The van der Waals surface area contributed by atoms with Gasteiger partial charge in [-0.25, -0.2) is 4.79 Å². The normalized spacial score (nSPS) is 18.2. The molecular weight excluding hydrogens is 606 g/mol. The van der Waals surface area contributed by atoms with Crippen molar-refractivity contribution in [2.75, 3.05) is 52.9 Å². The Labute approximate surface area is 287 Å². The molecule has 4 rings (SSSR count). The van der Waals surface area contributed by atoms with Crippen molar-refractivity contribution in [2.45, 2.75) is 116 Å². The lowest BCUT2D eigenvalue weighted by Gasteiger charge is -2.42. The van der Waals surface area contributed by atoms with Gasteiger partial charge in [-0.15, -0.1) is 0 Å². The molecule has 3 aliphatic heterocycles. The number of hydrogen-bond donors (Lipinski definition) is 1. The van der Waals surface area contributed by atoms with Gasteiger partial charge in [0.25, 0.3) is 5.91 Å². The number of aldehydes is 1. The Morgan fingerprint density at radius 1 is 1.00 bits per heavy atom. The summed E-state index contributed by atoms with van der Waals surface area (Å²) < 4.78 is 5.55. The second kappa shape index (κ2) is 18.4. The van der Waals surface area contributed by atoms with E-state index >= 15 is 0 Å². The molecule has 10 nitrogen and oxygen atoms in total. The van der Waals surface area contributed by atoms with Crippen molar-refractivity contribution in [1.82, 2.24) is 24.9 Å². The van der Waals surface area contributed by atoms with Gasteiger partial charge in [0.15, 0.2) is 0 Å². The van der Waals surface area contributed by atoms with Gasteiger partial charge in [0.1, 0.15) is 17.9 Å². The highest BCUT2D eigenvalue weighted by atomic mass is 16.6. The number of carbonyl (C=O) groups excluding carboxylic acids is 4. The van der Waals surface area contributed by atoms with Crippen molar-refractivity contribution in [1.29, 1.82) is 0 Å². The fourth-order valence-electron chi connectivity index (χ4n) is 7.05. The third kappa shape index (κ3) is 10.8. The van der Waals surface area contributed by atoms with Crippen LogP contribution in [0.4, 0.5) is 4.79 Å². The van der Waals surface area contributed by atoms with Crippen molar-refractivity contribution in [3.8, 4) is 11.8 Å². The molecule has 3 heterocycles. The first-order chi connectivity index (χ1) is 23.1. The number of piperidine rings is 1. The summed E-state index contributed by atoms with van der Waals surface area (Å²) in [5.41, 5.74) is 1.87. The molecule has 2 saturated heterocycles. The Balaban J connectivity index is 1.06. The minimum Gasteiger partial charge on any atom is -0.444 e. The first-order valence-corrected chi connectivity index (χ1v) is 18.1. The first kappa shape index (κ1) is 37.4. The molecule has 0 bridgehead atoms. The smallest absolute Gasteiger partial charge is 0.410 e. The molecule has 10 heteroatoms. The van der Waals surface area contributed by atoms with Gasteiger partial charge >= 0.3 is 6.09 Å². The van der Waals surface area contributed by atoms with Crippen LogP contribution in [0.3, 0.4) is 0 Å². The predicted molar refractivity (Wildman–Crippen MR) is 188 cm³/mol. The summed E-state index contributed by atoms with van der Waals surface area (Å²) >= 11 is 0. The predicted octanol–water partition coefficient (Wildman–Crippen LogP) is 4.84. The van der Waals surface area contributed by atoms with E-state index in [0.717, 1.165) is 82.4 Å². The fourth-order valence-corrected chi connectivity index (χ4v) is 7.05. The maximum absolute atomic E-state index is 13.1. The van der Waals surface area contributed by atoms with E-state index < -0.39 is 11.6 Å². The Hall–Kier alpha value is -3.42. The van der Waals surface area contributed by atoms with Crippen molar-refractivity contribution in [3.05, 3.63) is 34.9 Å². The topological polar surface area (TPSA) is 103 Å². The van der Waals surface area contributed by atoms with Crippen molar-refractivity contribution in [3.63, 3.8) is 0 Å². The molecule has 0 spiro atoms. The number of nitrogens with zero attached hydrogens (tertiary/aromatic N) is 4. The lowest BCUT2D eigenvalue weighted by molar-refractivity contribution is -0.125. The molecule has 48 heavy (non-hydrogen) atoms. The Morgan fingerprint density at radius 2 is 1.69 bits per heavy atom. The number of amides is 3. The second-order valence-corrected chi connectivity index (χ2v) is 14.4. The molecule has 264 valence electrons. The van der Waals surface area contributed by atoms with Crippen molar-refractivity contribution < 1.29 is 23.9 Å². The lowest BCUT2D eigenvalue weighted by Crippen LogP contribution is -2.54. The van der Waals surface area contributed by atoms with E-state index in [1.165, 1.54) is 38.6 Å². The number of carbonyl (C=O) groups is 4. The number of rotatable bonds is 14. The van der Waals surface area contributed by atoms with Crippen LogP contribution >= 0.6 is 0 Å². The number of hydrogen-bond acceptors (Lipinski definition) is 7. The number of ether oxygens (including phenoxy) is 1. The molecule has 3 amide bonds. The number of unbranched alkanes of at least 4 members (excludes halogenated alkanes) is 6. The van der Waals surface area contributed by atoms with E-state index in [0.29, 0.717) is 24.6 Å². The molecule has 0 aliphatic carbocycles. The SMILES string of the molecule is CNC(=O)C(CCC=O)N1Cc2c(C#CCCCCCCCCN3CCN(C4CCN(C(=O)OC(C)(C)C)CC4)CC3)cccc2C1=O. The highest BCUT2D eigenvalue weighted by molar-refractivity contribution is 6.01. The van der Waals surface area contributed by atoms with Gasteiger partial charge in [0.2, 0.25) is 5.91 Å². The van der Waals surface area contributed by atoms with E-state index in [2.05, 4.69) is 27.0 Å². The second-order valence-electron chi connectivity index (χ2n) is 14.4. The van der Waals surface area contributed by atoms with Crippen LogP contribution in [-0.4, -0.2) is 114 Å². The molecule has 1 aromatic carbocycles. The first-order valence-electron chi connectivity index (χ1n) is 18.1. The number of nitrogens with one attached hydrogen (secondary N) is 1. The molecule has 0 radical (unpaired) electrons. The van der Waals surface area contributed by atoms with Crippen LogP contribution in [0.5, 0.6) is 0 Å². The van der Waals surface area contributed by atoms with Crippen molar-refractivity contribution in [2.24, 2.45) is 0 Å². The van der Waals surface area contributed by atoms with Gasteiger partial charge < -0.3 is 29.5 Å². The molecule has 0 saturated carbocycles. The maximum Gasteiger partial charge on any atom is 0.410 e. The Morgan fingerprint density at radius 3 is 2.35 bits per heavy atom. The van der Waals surface area contributed by atoms with Gasteiger partial charge in [-0.05, 0) is 77.1 Å². The molecular formula is C38H57N5O5. The van der Waals surface area contributed by atoms with Gasteiger partial charge in [-0.2, -0.15) is 0 Å². The van der Waals surface area contributed by atoms with Gasteiger partial charge in [-0.3, -0.25) is 14.5 Å². The Bertz CT molecular complexity index is 1300. The largest absolute Gasteiger partial charge is 0.444 e. The Kier molecular flexibility index (Phi) is 14.3. The standard InChI is InChI=1S/C38H57N5O5/c1-38(2,3)48-37(47)42-22-19-31(20-23-42)41-26-24-40(25-27-41)21-12-10-8-6-5-7-9-11-15-30-16-13-17-32-33(30)29-43(36(32)46)34(18-14-28-44)35(45)39-4/h13,16-17,28,31,34H,5-10,12,14,18-27,29H2,1-4H3,(H,39,45). The zero-order valence-electron chi connectivity index (χ0n) is 29.7. The van der Waals surface area contributed by atoms with Crippen LogP contribution in [0.25, 0.3) is 0 Å². The average Bonchev–Trinajstić information content (AvgIpc) is 3.41. The number of likely N-dealkylation sites (tertiary alicyclic amines) is 1. The zero-order valence-corrected chi connectivity index (χ0v) is 29.7. The summed E-state index contributed by atoms with van der Waals surface area (Å²) in [6.45, 7) is 13.4.